The van der Waals surface area contributed by atoms with Crippen LogP contribution in [-0.2, 0) is 11.3 Å². The summed E-state index contributed by atoms with van der Waals surface area (Å²) in [5.74, 6) is 0.0571. The minimum absolute atomic E-state index is 0.0571. The Morgan fingerprint density at radius 3 is 3.10 bits per heavy atom. The minimum atomic E-state index is 0.0571. The van der Waals surface area contributed by atoms with Crippen LogP contribution in [0.25, 0.3) is 0 Å². The molecule has 2 heterocycles. The standard InChI is InChI=1S/C14H24N4OS/c1-4-18(11(2)19)14-16-13(10-20-14)9-17-7-5-6-12(8-17)15-3/h10,12,15H,4-9H2,1-3H3. The second kappa shape index (κ2) is 7.15. The van der Waals surface area contributed by atoms with E-state index in [1.807, 2.05) is 14.0 Å². The topological polar surface area (TPSA) is 48.5 Å². The number of nitrogens with one attached hydrogen (secondary N) is 1. The molecular weight excluding hydrogens is 272 g/mol. The Bertz CT molecular complexity index is 448. The van der Waals surface area contributed by atoms with E-state index in [0.29, 0.717) is 12.6 Å². The van der Waals surface area contributed by atoms with Crippen molar-refractivity contribution in [3.05, 3.63) is 11.1 Å². The van der Waals surface area contributed by atoms with E-state index in [0.717, 1.165) is 30.5 Å². The fraction of sp³-hybridized carbons (Fsp3) is 0.714. The number of carbonyl (C=O) groups excluding carboxylic acids is 1. The summed E-state index contributed by atoms with van der Waals surface area (Å²) in [6.45, 7) is 7.33. The highest BCUT2D eigenvalue weighted by Gasteiger charge is 2.20. The van der Waals surface area contributed by atoms with Crippen LogP contribution in [0.4, 0.5) is 5.13 Å². The van der Waals surface area contributed by atoms with Crippen LogP contribution in [0.2, 0.25) is 0 Å². The highest BCUT2D eigenvalue weighted by Crippen LogP contribution is 2.22. The third-order valence-electron chi connectivity index (χ3n) is 3.77. The van der Waals surface area contributed by atoms with Gasteiger partial charge in [-0.1, -0.05) is 0 Å². The molecule has 1 N–H and O–H groups in total. The number of hydrogen-bond donors (Lipinski definition) is 1. The van der Waals surface area contributed by atoms with Crippen molar-refractivity contribution in [2.45, 2.75) is 39.3 Å². The lowest BCUT2D eigenvalue weighted by Crippen LogP contribution is -2.43. The summed E-state index contributed by atoms with van der Waals surface area (Å²) < 4.78 is 0. The van der Waals surface area contributed by atoms with E-state index in [1.165, 1.54) is 12.8 Å². The lowest BCUT2D eigenvalue weighted by Gasteiger charge is -2.31. The summed E-state index contributed by atoms with van der Waals surface area (Å²) in [6, 6.07) is 0.589. The Labute approximate surface area is 125 Å². The molecule has 0 aliphatic carbocycles. The molecule has 1 aliphatic heterocycles. The van der Waals surface area contributed by atoms with Crippen molar-refractivity contribution in [2.75, 3.05) is 31.6 Å². The van der Waals surface area contributed by atoms with Gasteiger partial charge in [-0.15, -0.1) is 11.3 Å². The molecule has 1 atom stereocenters. The molecule has 1 amide bonds. The summed E-state index contributed by atoms with van der Waals surface area (Å²) in [6.07, 6.45) is 2.49. The fourth-order valence-electron chi connectivity index (χ4n) is 2.65. The average Bonchev–Trinajstić information content (AvgIpc) is 2.87. The predicted octanol–water partition coefficient (Wildman–Crippen LogP) is 1.70. The maximum Gasteiger partial charge on any atom is 0.225 e. The molecule has 0 saturated carbocycles. The zero-order valence-corrected chi connectivity index (χ0v) is 13.4. The van der Waals surface area contributed by atoms with E-state index in [1.54, 1.807) is 23.2 Å². The molecule has 0 radical (unpaired) electrons. The Morgan fingerprint density at radius 2 is 2.45 bits per heavy atom. The lowest BCUT2D eigenvalue weighted by molar-refractivity contribution is -0.116. The first-order chi connectivity index (χ1) is 9.63. The lowest BCUT2D eigenvalue weighted by atomic mass is 10.1. The molecule has 5 nitrogen and oxygen atoms in total. The highest BCUT2D eigenvalue weighted by atomic mass is 32.1. The van der Waals surface area contributed by atoms with Gasteiger partial charge in [0.1, 0.15) is 0 Å². The third-order valence-corrected chi connectivity index (χ3v) is 4.68. The van der Waals surface area contributed by atoms with E-state index in [-0.39, 0.29) is 5.91 Å². The number of anilines is 1. The largest absolute Gasteiger partial charge is 0.316 e. The van der Waals surface area contributed by atoms with Crippen LogP contribution in [0.3, 0.4) is 0 Å². The molecule has 1 unspecified atom stereocenters. The molecule has 6 heteroatoms. The van der Waals surface area contributed by atoms with E-state index in [2.05, 4.69) is 20.6 Å². The van der Waals surface area contributed by atoms with Gasteiger partial charge in [0.25, 0.3) is 0 Å². The Balaban J connectivity index is 1.97. The zero-order valence-electron chi connectivity index (χ0n) is 12.6. The van der Waals surface area contributed by atoms with Gasteiger partial charge in [0, 0.05) is 38.0 Å². The Morgan fingerprint density at radius 1 is 1.65 bits per heavy atom. The maximum absolute atomic E-state index is 11.5. The van der Waals surface area contributed by atoms with Gasteiger partial charge in [-0.2, -0.15) is 0 Å². The van der Waals surface area contributed by atoms with Crippen molar-refractivity contribution in [3.8, 4) is 0 Å². The monoisotopic (exact) mass is 296 g/mol. The SMILES string of the molecule is CCN(C(C)=O)c1nc(CN2CCCC(NC)C2)cs1. The number of thiazole rings is 1. The first-order valence-corrected chi connectivity index (χ1v) is 8.14. The number of piperidine rings is 1. The predicted molar refractivity (Wildman–Crippen MR) is 83.2 cm³/mol. The van der Waals surface area contributed by atoms with Crippen molar-refractivity contribution in [2.24, 2.45) is 0 Å². The van der Waals surface area contributed by atoms with Crippen LogP contribution in [0.5, 0.6) is 0 Å². The molecule has 20 heavy (non-hydrogen) atoms. The molecule has 2 rings (SSSR count). The van der Waals surface area contributed by atoms with Gasteiger partial charge in [0.2, 0.25) is 5.91 Å². The van der Waals surface area contributed by atoms with Crippen LogP contribution in [-0.4, -0.2) is 48.5 Å². The number of amides is 1. The van der Waals surface area contributed by atoms with Crippen molar-refractivity contribution in [1.82, 2.24) is 15.2 Å². The first-order valence-electron chi connectivity index (χ1n) is 7.26. The quantitative estimate of drug-likeness (QED) is 0.898. The van der Waals surface area contributed by atoms with Gasteiger partial charge < -0.3 is 5.32 Å². The Hall–Kier alpha value is -0.980. The number of likely N-dealkylation sites (N-methyl/N-ethyl adjacent to an activating group) is 1. The van der Waals surface area contributed by atoms with Crippen molar-refractivity contribution in [3.63, 3.8) is 0 Å². The van der Waals surface area contributed by atoms with E-state index in [9.17, 15) is 4.79 Å². The van der Waals surface area contributed by atoms with Crippen LogP contribution in [0.1, 0.15) is 32.4 Å². The summed E-state index contributed by atoms with van der Waals surface area (Å²) in [5.41, 5.74) is 1.07. The molecule has 1 fully saturated rings. The molecule has 1 aromatic rings. The molecule has 0 spiro atoms. The minimum Gasteiger partial charge on any atom is -0.316 e. The molecule has 1 saturated heterocycles. The van der Waals surface area contributed by atoms with Crippen molar-refractivity contribution >= 4 is 22.4 Å². The van der Waals surface area contributed by atoms with Crippen molar-refractivity contribution < 1.29 is 4.79 Å². The number of hydrogen-bond acceptors (Lipinski definition) is 5. The van der Waals surface area contributed by atoms with Crippen LogP contribution in [0, 0.1) is 0 Å². The molecule has 1 aliphatic rings. The average molecular weight is 296 g/mol. The maximum atomic E-state index is 11.5. The first kappa shape index (κ1) is 15.4. The summed E-state index contributed by atoms with van der Waals surface area (Å²) >= 11 is 1.56. The normalized spacial score (nSPS) is 20.1. The van der Waals surface area contributed by atoms with E-state index >= 15 is 0 Å². The van der Waals surface area contributed by atoms with Gasteiger partial charge in [-0.3, -0.25) is 14.6 Å². The number of nitrogens with zero attached hydrogens (tertiary/aromatic N) is 3. The van der Waals surface area contributed by atoms with Crippen LogP contribution < -0.4 is 10.2 Å². The van der Waals surface area contributed by atoms with Crippen molar-refractivity contribution in [1.29, 1.82) is 0 Å². The number of rotatable bonds is 5. The molecule has 112 valence electrons. The number of likely N-dealkylation sites (tertiary alicyclic amines) is 1. The summed E-state index contributed by atoms with van der Waals surface area (Å²) in [4.78, 5) is 20.3. The zero-order chi connectivity index (χ0) is 14.5. The van der Waals surface area contributed by atoms with Gasteiger partial charge in [0.05, 0.1) is 5.69 Å². The number of aromatic nitrogens is 1. The van der Waals surface area contributed by atoms with Crippen LogP contribution >= 0.6 is 11.3 Å². The van der Waals surface area contributed by atoms with Gasteiger partial charge in [-0.25, -0.2) is 4.98 Å². The summed E-state index contributed by atoms with van der Waals surface area (Å²) in [5, 5.41) is 6.24. The van der Waals surface area contributed by atoms with Gasteiger partial charge in [-0.05, 0) is 33.4 Å². The van der Waals surface area contributed by atoms with E-state index in [4.69, 9.17) is 0 Å². The van der Waals surface area contributed by atoms with Crippen LogP contribution in [0.15, 0.2) is 5.38 Å². The van der Waals surface area contributed by atoms with E-state index < -0.39 is 0 Å². The molecule has 0 aromatic carbocycles. The summed E-state index contributed by atoms with van der Waals surface area (Å²) in [7, 11) is 2.03. The number of carbonyl (C=O) groups is 1. The smallest absolute Gasteiger partial charge is 0.225 e. The molecule has 0 bridgehead atoms. The molecular formula is C14H24N4OS. The van der Waals surface area contributed by atoms with Gasteiger partial charge >= 0.3 is 0 Å². The second-order valence-corrected chi connectivity index (χ2v) is 6.08. The fourth-order valence-corrected chi connectivity index (χ4v) is 3.57. The highest BCUT2D eigenvalue weighted by molar-refractivity contribution is 7.14. The second-order valence-electron chi connectivity index (χ2n) is 5.25. The molecule has 1 aromatic heterocycles. The third kappa shape index (κ3) is 3.77. The Kier molecular flexibility index (Phi) is 5.51. The van der Waals surface area contributed by atoms with Gasteiger partial charge in [0.15, 0.2) is 5.13 Å².